The van der Waals surface area contributed by atoms with Crippen LogP contribution in [0.3, 0.4) is 0 Å². The van der Waals surface area contributed by atoms with E-state index in [0.717, 1.165) is 12.2 Å². The highest BCUT2D eigenvalue weighted by molar-refractivity contribution is 8.15. The van der Waals surface area contributed by atoms with Crippen molar-refractivity contribution in [3.63, 3.8) is 0 Å². The van der Waals surface area contributed by atoms with E-state index in [0.29, 0.717) is 28.9 Å². The number of rotatable bonds is 8. The number of carbonyl (C=O) groups excluding carboxylic acids is 2. The van der Waals surface area contributed by atoms with Crippen LogP contribution in [0.2, 0.25) is 0 Å². The highest BCUT2D eigenvalue weighted by Gasteiger charge is 2.32. The summed E-state index contributed by atoms with van der Waals surface area (Å²) >= 11 is 1.24. The van der Waals surface area contributed by atoms with Gasteiger partial charge in [0.1, 0.15) is 22.4 Å². The zero-order chi connectivity index (χ0) is 20.6. The Bertz CT molecular complexity index is 899. The van der Waals surface area contributed by atoms with Crippen molar-refractivity contribution in [2.45, 2.75) is 25.0 Å². The summed E-state index contributed by atoms with van der Waals surface area (Å²) < 4.78 is 10.8. The van der Waals surface area contributed by atoms with Gasteiger partial charge in [0.15, 0.2) is 5.17 Å². The molecule has 2 N–H and O–H groups in total. The molecule has 7 nitrogen and oxygen atoms in total. The fourth-order valence-corrected chi connectivity index (χ4v) is 3.64. The second kappa shape index (κ2) is 9.97. The molecule has 2 aromatic rings. The fraction of sp³-hybridized carbons (Fsp3) is 0.286. The van der Waals surface area contributed by atoms with Crippen molar-refractivity contribution in [3.8, 4) is 11.5 Å². The molecule has 0 bridgehead atoms. The minimum Gasteiger partial charge on any atom is -0.494 e. The van der Waals surface area contributed by atoms with E-state index >= 15 is 0 Å². The number of amides is 2. The van der Waals surface area contributed by atoms with Gasteiger partial charge in [-0.15, -0.1) is 0 Å². The molecule has 3 rings (SSSR count). The number of anilines is 1. The molecule has 1 aliphatic rings. The maximum Gasteiger partial charge on any atom is 0.240 e. The van der Waals surface area contributed by atoms with Gasteiger partial charge in [-0.3, -0.25) is 9.59 Å². The summed E-state index contributed by atoms with van der Waals surface area (Å²) in [7, 11) is 1.56. The summed E-state index contributed by atoms with van der Waals surface area (Å²) in [5.74, 6) is 0.899. The van der Waals surface area contributed by atoms with Crippen molar-refractivity contribution >= 4 is 40.1 Å². The van der Waals surface area contributed by atoms with E-state index in [1.807, 2.05) is 19.1 Å². The molecule has 0 aliphatic carbocycles. The van der Waals surface area contributed by atoms with Crippen LogP contribution in [0.1, 0.15) is 19.8 Å². The number of hydrogen-bond donors (Lipinski definition) is 2. The van der Waals surface area contributed by atoms with E-state index in [9.17, 15) is 9.59 Å². The van der Waals surface area contributed by atoms with Crippen LogP contribution in [0.5, 0.6) is 11.5 Å². The van der Waals surface area contributed by atoms with Gasteiger partial charge in [0, 0.05) is 12.1 Å². The maximum absolute atomic E-state index is 12.3. The number of amidine groups is 1. The van der Waals surface area contributed by atoms with Crippen LogP contribution in [0.4, 0.5) is 11.4 Å². The Morgan fingerprint density at radius 3 is 2.69 bits per heavy atom. The van der Waals surface area contributed by atoms with Crippen LogP contribution in [0, 0.1) is 0 Å². The van der Waals surface area contributed by atoms with Crippen molar-refractivity contribution in [1.29, 1.82) is 0 Å². The molecule has 0 aromatic heterocycles. The third-order valence-electron chi connectivity index (χ3n) is 4.07. The molecular weight excluding hydrogens is 390 g/mol. The van der Waals surface area contributed by atoms with Crippen molar-refractivity contribution in [2.24, 2.45) is 4.99 Å². The molecule has 8 heteroatoms. The average molecular weight is 413 g/mol. The molecule has 152 valence electrons. The molecule has 1 fully saturated rings. The first-order valence-electron chi connectivity index (χ1n) is 9.31. The van der Waals surface area contributed by atoms with Gasteiger partial charge in [-0.25, -0.2) is 4.99 Å². The third-order valence-corrected chi connectivity index (χ3v) is 5.15. The number of aliphatic imine (C=N–C) groups is 1. The number of nitrogens with zero attached hydrogens (tertiary/aromatic N) is 1. The molecule has 2 amide bonds. The lowest BCUT2D eigenvalue weighted by Gasteiger charge is -2.09. The van der Waals surface area contributed by atoms with Crippen LogP contribution in [-0.4, -0.2) is 35.9 Å². The summed E-state index contributed by atoms with van der Waals surface area (Å²) in [5.41, 5.74) is 1.28. The zero-order valence-electron chi connectivity index (χ0n) is 16.3. The van der Waals surface area contributed by atoms with E-state index in [1.54, 1.807) is 43.5 Å². The van der Waals surface area contributed by atoms with E-state index in [1.165, 1.54) is 11.8 Å². The predicted molar refractivity (Wildman–Crippen MR) is 115 cm³/mol. The van der Waals surface area contributed by atoms with Gasteiger partial charge in [-0.2, -0.15) is 0 Å². The number of methoxy groups -OCH3 is 1. The Kier molecular flexibility index (Phi) is 7.13. The molecule has 29 heavy (non-hydrogen) atoms. The maximum atomic E-state index is 12.3. The minimum atomic E-state index is -0.532. The summed E-state index contributed by atoms with van der Waals surface area (Å²) in [6, 6.07) is 14.4. The van der Waals surface area contributed by atoms with E-state index in [2.05, 4.69) is 15.6 Å². The SMILES string of the molecule is CCCOc1ccc(NC(=O)C[C@H]2SC(=Nc3ccccc3OC)NC2=O)cc1. The first-order valence-corrected chi connectivity index (χ1v) is 10.2. The molecule has 2 aromatic carbocycles. The Labute approximate surface area is 173 Å². The molecule has 0 radical (unpaired) electrons. The first-order chi connectivity index (χ1) is 14.1. The first kappa shape index (κ1) is 20.7. The number of hydrogen-bond acceptors (Lipinski definition) is 6. The standard InChI is InChI=1S/C21H23N3O4S/c1-3-12-28-15-10-8-14(9-11-15)22-19(25)13-18-20(26)24-21(29-18)23-16-6-4-5-7-17(16)27-2/h4-11,18H,3,12-13H2,1-2H3,(H,22,25)(H,23,24,26)/t18-/m1/s1. The monoisotopic (exact) mass is 413 g/mol. The number of para-hydroxylation sites is 2. The number of carbonyl (C=O) groups is 2. The molecule has 1 heterocycles. The fourth-order valence-electron chi connectivity index (χ4n) is 2.66. The molecule has 0 unspecified atom stereocenters. The van der Waals surface area contributed by atoms with Crippen LogP contribution in [0.25, 0.3) is 0 Å². The van der Waals surface area contributed by atoms with Gasteiger partial charge >= 0.3 is 0 Å². The molecule has 0 saturated carbocycles. The second-order valence-corrected chi connectivity index (χ2v) is 7.50. The van der Waals surface area contributed by atoms with Gasteiger partial charge in [-0.05, 0) is 42.8 Å². The van der Waals surface area contributed by atoms with Crippen molar-refractivity contribution < 1.29 is 19.1 Å². The smallest absolute Gasteiger partial charge is 0.240 e. The van der Waals surface area contributed by atoms with E-state index < -0.39 is 5.25 Å². The Morgan fingerprint density at radius 2 is 1.97 bits per heavy atom. The lowest BCUT2D eigenvalue weighted by molar-refractivity contribution is -0.122. The Hall–Kier alpha value is -3.00. The number of thioether (sulfide) groups is 1. The van der Waals surface area contributed by atoms with Crippen molar-refractivity contribution in [1.82, 2.24) is 5.32 Å². The topological polar surface area (TPSA) is 89.0 Å². The van der Waals surface area contributed by atoms with Gasteiger partial charge in [0.05, 0.1) is 13.7 Å². The van der Waals surface area contributed by atoms with Crippen LogP contribution >= 0.6 is 11.8 Å². The highest BCUT2D eigenvalue weighted by Crippen LogP contribution is 2.30. The number of nitrogens with one attached hydrogen (secondary N) is 2. The third kappa shape index (κ3) is 5.74. The van der Waals surface area contributed by atoms with Crippen LogP contribution < -0.4 is 20.1 Å². The number of ether oxygens (including phenoxy) is 2. The summed E-state index contributed by atoms with van der Waals surface area (Å²) in [6.07, 6.45) is 0.984. The van der Waals surface area contributed by atoms with Gasteiger partial charge < -0.3 is 20.1 Å². The zero-order valence-corrected chi connectivity index (χ0v) is 17.1. The van der Waals surface area contributed by atoms with Gasteiger partial charge in [0.25, 0.3) is 0 Å². The van der Waals surface area contributed by atoms with E-state index in [4.69, 9.17) is 9.47 Å². The second-order valence-electron chi connectivity index (χ2n) is 6.31. The van der Waals surface area contributed by atoms with Gasteiger partial charge in [-0.1, -0.05) is 30.8 Å². The molecule has 1 saturated heterocycles. The quantitative estimate of drug-likeness (QED) is 0.688. The molecule has 0 spiro atoms. The lowest BCUT2D eigenvalue weighted by atomic mass is 10.2. The summed E-state index contributed by atoms with van der Waals surface area (Å²) in [5, 5.41) is 5.45. The summed E-state index contributed by atoms with van der Waals surface area (Å²) in [4.78, 5) is 29.0. The Morgan fingerprint density at radius 1 is 1.21 bits per heavy atom. The molecular formula is C21H23N3O4S. The van der Waals surface area contributed by atoms with Crippen molar-refractivity contribution in [2.75, 3.05) is 19.0 Å². The molecule has 1 aliphatic heterocycles. The average Bonchev–Trinajstić information content (AvgIpc) is 3.06. The molecule has 1 atom stereocenters. The summed E-state index contributed by atoms with van der Waals surface area (Å²) in [6.45, 7) is 2.69. The van der Waals surface area contributed by atoms with E-state index in [-0.39, 0.29) is 18.2 Å². The highest BCUT2D eigenvalue weighted by atomic mass is 32.2. The minimum absolute atomic E-state index is 0.0511. The van der Waals surface area contributed by atoms with Crippen LogP contribution in [-0.2, 0) is 9.59 Å². The number of benzene rings is 2. The van der Waals surface area contributed by atoms with Crippen molar-refractivity contribution in [3.05, 3.63) is 48.5 Å². The lowest BCUT2D eigenvalue weighted by Crippen LogP contribution is -2.28. The van der Waals surface area contributed by atoms with Crippen LogP contribution in [0.15, 0.2) is 53.5 Å². The largest absolute Gasteiger partial charge is 0.494 e. The van der Waals surface area contributed by atoms with Gasteiger partial charge in [0.2, 0.25) is 11.8 Å². The predicted octanol–water partition coefficient (Wildman–Crippen LogP) is 3.73. The Balaban J connectivity index is 1.57. The normalized spacial score (nSPS) is 17.1.